The normalized spacial score (nSPS) is 11.6. The van der Waals surface area contributed by atoms with Crippen LogP contribution in [0.3, 0.4) is 0 Å². The van der Waals surface area contributed by atoms with Crippen molar-refractivity contribution >= 4 is 44.3 Å². The van der Waals surface area contributed by atoms with Crippen molar-refractivity contribution in [3.8, 4) is 11.1 Å². The minimum atomic E-state index is -3.97. The maximum Gasteiger partial charge on any atom is 0.232 e. The third kappa shape index (κ3) is 4.64. The second-order valence-corrected chi connectivity index (χ2v) is 9.93. The van der Waals surface area contributed by atoms with E-state index in [1.807, 2.05) is 11.0 Å². The third-order valence-electron chi connectivity index (χ3n) is 4.99. The highest BCUT2D eigenvalue weighted by Gasteiger charge is 2.25. The molecule has 0 radical (unpaired) electrons. The molecule has 0 unspecified atom stereocenters. The molecular weight excluding hydrogens is 484 g/mol. The highest BCUT2D eigenvalue weighted by atomic mass is 32.2. The first-order valence-electron chi connectivity index (χ1n) is 10.1. The molecule has 0 aliphatic rings. The van der Waals surface area contributed by atoms with Crippen LogP contribution in [0.5, 0.6) is 0 Å². The molecule has 0 saturated carbocycles. The van der Waals surface area contributed by atoms with Crippen LogP contribution in [0.2, 0.25) is 0 Å². The number of rotatable bonds is 8. The van der Waals surface area contributed by atoms with E-state index in [-0.39, 0.29) is 17.7 Å². The van der Waals surface area contributed by atoms with Gasteiger partial charge in [0, 0.05) is 46.9 Å². The number of carbonyl (C=O) groups excluding carboxylic acids is 1. The molecule has 34 heavy (non-hydrogen) atoms. The molecule has 0 bridgehead atoms. The number of carbonyl (C=O) groups is 1. The minimum Gasteiger partial charge on any atom is -0.345 e. The summed E-state index contributed by atoms with van der Waals surface area (Å²) in [6.45, 7) is 1.62. The fraction of sp³-hybridized carbons (Fsp3) is 0.182. The maximum absolute atomic E-state index is 15.1. The van der Waals surface area contributed by atoms with Crippen LogP contribution in [0.4, 0.5) is 14.5 Å². The number of fused-ring (bicyclic) bond motifs is 1. The van der Waals surface area contributed by atoms with Gasteiger partial charge in [0.05, 0.1) is 11.3 Å². The SMILES string of the molecule is CCCS(=O)(=O)Nc1c(F)ccc(C(=O)c2c[nH]c3ncc(-c4cnc(SC)nc4)cc23)c1F. The summed E-state index contributed by atoms with van der Waals surface area (Å²) in [7, 11) is -3.97. The summed E-state index contributed by atoms with van der Waals surface area (Å²) in [5.74, 6) is -3.48. The van der Waals surface area contributed by atoms with E-state index in [0.29, 0.717) is 27.3 Å². The van der Waals surface area contributed by atoms with Crippen molar-refractivity contribution in [2.45, 2.75) is 18.5 Å². The van der Waals surface area contributed by atoms with E-state index in [9.17, 15) is 17.6 Å². The lowest BCUT2D eigenvalue weighted by molar-refractivity contribution is 0.103. The Morgan fingerprint density at radius 1 is 1.09 bits per heavy atom. The summed E-state index contributed by atoms with van der Waals surface area (Å²) in [5.41, 5.74) is 0.436. The van der Waals surface area contributed by atoms with E-state index in [2.05, 4.69) is 19.9 Å². The number of anilines is 1. The maximum atomic E-state index is 15.1. The van der Waals surface area contributed by atoms with Crippen LogP contribution < -0.4 is 4.72 Å². The Balaban J connectivity index is 1.75. The third-order valence-corrected chi connectivity index (χ3v) is 7.02. The number of sulfonamides is 1. The van der Waals surface area contributed by atoms with Gasteiger partial charge in [-0.15, -0.1) is 0 Å². The zero-order valence-electron chi connectivity index (χ0n) is 18.1. The van der Waals surface area contributed by atoms with Crippen LogP contribution in [-0.2, 0) is 10.0 Å². The van der Waals surface area contributed by atoms with Gasteiger partial charge in [0.2, 0.25) is 10.0 Å². The van der Waals surface area contributed by atoms with E-state index >= 15 is 4.39 Å². The zero-order valence-corrected chi connectivity index (χ0v) is 19.7. The lowest BCUT2D eigenvalue weighted by atomic mass is 10.0. The molecular formula is C22H19F2N5O3S2. The van der Waals surface area contributed by atoms with Gasteiger partial charge in [0.1, 0.15) is 17.2 Å². The molecule has 3 aromatic heterocycles. The second kappa shape index (κ2) is 9.47. The number of nitrogens with zero attached hydrogens (tertiary/aromatic N) is 3. The van der Waals surface area contributed by atoms with Gasteiger partial charge < -0.3 is 4.98 Å². The fourth-order valence-corrected chi connectivity index (χ4v) is 4.82. The van der Waals surface area contributed by atoms with Crippen molar-refractivity contribution in [1.82, 2.24) is 19.9 Å². The number of pyridine rings is 1. The molecule has 12 heteroatoms. The Morgan fingerprint density at radius 3 is 2.47 bits per heavy atom. The average Bonchev–Trinajstić information content (AvgIpc) is 3.25. The van der Waals surface area contributed by atoms with Gasteiger partial charge in [0.25, 0.3) is 0 Å². The number of H-pyrrole nitrogens is 1. The summed E-state index contributed by atoms with van der Waals surface area (Å²) in [5, 5.41) is 1.01. The molecule has 4 rings (SSSR count). The van der Waals surface area contributed by atoms with E-state index in [1.165, 1.54) is 18.0 Å². The van der Waals surface area contributed by atoms with Crippen molar-refractivity contribution in [3.05, 3.63) is 65.7 Å². The molecule has 0 spiro atoms. The Kier molecular flexibility index (Phi) is 6.62. The monoisotopic (exact) mass is 503 g/mol. The van der Waals surface area contributed by atoms with Gasteiger partial charge in [-0.3, -0.25) is 9.52 Å². The summed E-state index contributed by atoms with van der Waals surface area (Å²) in [6.07, 6.45) is 8.33. The Labute approximate surface area is 198 Å². The molecule has 176 valence electrons. The molecule has 0 amide bonds. The lowest BCUT2D eigenvalue weighted by Gasteiger charge is -2.11. The van der Waals surface area contributed by atoms with Gasteiger partial charge in [0.15, 0.2) is 16.8 Å². The van der Waals surface area contributed by atoms with Gasteiger partial charge in [-0.1, -0.05) is 18.7 Å². The lowest BCUT2D eigenvalue weighted by Crippen LogP contribution is -2.19. The van der Waals surface area contributed by atoms with E-state index in [1.54, 1.807) is 31.6 Å². The van der Waals surface area contributed by atoms with Crippen LogP contribution in [0.15, 0.2) is 48.1 Å². The summed E-state index contributed by atoms with van der Waals surface area (Å²) >= 11 is 1.40. The molecule has 4 aromatic rings. The van der Waals surface area contributed by atoms with Crippen molar-refractivity contribution in [2.24, 2.45) is 0 Å². The first-order valence-corrected chi connectivity index (χ1v) is 13.0. The largest absolute Gasteiger partial charge is 0.345 e. The van der Waals surface area contributed by atoms with E-state index < -0.39 is 38.7 Å². The molecule has 0 atom stereocenters. The predicted octanol–water partition coefficient (Wildman–Crippen LogP) is 4.40. The summed E-state index contributed by atoms with van der Waals surface area (Å²) < 4.78 is 55.4. The number of hydrogen-bond donors (Lipinski definition) is 2. The summed E-state index contributed by atoms with van der Waals surface area (Å²) in [4.78, 5) is 28.8. The van der Waals surface area contributed by atoms with Crippen molar-refractivity contribution in [1.29, 1.82) is 0 Å². The van der Waals surface area contributed by atoms with Gasteiger partial charge in [-0.25, -0.2) is 32.2 Å². The van der Waals surface area contributed by atoms with Crippen LogP contribution in [0.1, 0.15) is 29.3 Å². The molecule has 3 heterocycles. The number of ketones is 1. The van der Waals surface area contributed by atoms with Crippen molar-refractivity contribution in [3.63, 3.8) is 0 Å². The molecule has 2 N–H and O–H groups in total. The summed E-state index contributed by atoms with van der Waals surface area (Å²) in [6, 6.07) is 3.52. The first-order chi connectivity index (χ1) is 16.2. The van der Waals surface area contributed by atoms with Crippen LogP contribution >= 0.6 is 11.8 Å². The average molecular weight is 504 g/mol. The van der Waals surface area contributed by atoms with Crippen LogP contribution in [0, 0.1) is 11.6 Å². The Bertz CT molecular complexity index is 1490. The van der Waals surface area contributed by atoms with Gasteiger partial charge >= 0.3 is 0 Å². The number of nitrogens with one attached hydrogen (secondary N) is 2. The number of aromatic amines is 1. The second-order valence-electron chi connectivity index (χ2n) is 7.31. The quantitative estimate of drug-likeness (QED) is 0.208. The van der Waals surface area contributed by atoms with Gasteiger partial charge in [-0.05, 0) is 30.9 Å². The molecule has 0 aliphatic carbocycles. The van der Waals surface area contributed by atoms with Crippen molar-refractivity contribution in [2.75, 3.05) is 16.7 Å². The Hall–Kier alpha value is -3.38. The van der Waals surface area contributed by atoms with E-state index in [4.69, 9.17) is 0 Å². The number of halogens is 2. The molecule has 0 saturated heterocycles. The standard InChI is InChI=1S/C22H19F2N5O3S2/c1-3-6-34(31,32)29-19-17(23)5-4-14(18(19)24)20(30)16-11-26-21-15(16)7-12(8-25-21)13-9-27-22(33-2)28-10-13/h4-5,7-11,29H,3,6H2,1-2H3,(H,25,26). The van der Waals surface area contributed by atoms with Crippen molar-refractivity contribution < 1.29 is 22.0 Å². The van der Waals surface area contributed by atoms with E-state index in [0.717, 1.165) is 12.1 Å². The number of hydrogen-bond acceptors (Lipinski definition) is 7. The predicted molar refractivity (Wildman–Crippen MR) is 126 cm³/mol. The highest BCUT2D eigenvalue weighted by Crippen LogP contribution is 2.29. The first kappa shape index (κ1) is 23.8. The number of aromatic nitrogens is 4. The molecule has 0 fully saturated rings. The molecule has 8 nitrogen and oxygen atoms in total. The minimum absolute atomic E-state index is 0.0962. The number of benzene rings is 1. The highest BCUT2D eigenvalue weighted by molar-refractivity contribution is 7.98. The molecule has 0 aliphatic heterocycles. The smallest absolute Gasteiger partial charge is 0.232 e. The van der Waals surface area contributed by atoms with Crippen LogP contribution in [0.25, 0.3) is 22.2 Å². The molecule has 1 aromatic carbocycles. The topological polar surface area (TPSA) is 118 Å². The van der Waals surface area contributed by atoms with Gasteiger partial charge in [-0.2, -0.15) is 0 Å². The number of thioether (sulfide) groups is 1. The Morgan fingerprint density at radius 2 is 1.79 bits per heavy atom. The fourth-order valence-electron chi connectivity index (χ4n) is 3.36. The van der Waals surface area contributed by atoms with Crippen LogP contribution in [-0.4, -0.2) is 46.1 Å². The zero-order chi connectivity index (χ0) is 24.5.